The number of rotatable bonds is 6. The van der Waals surface area contributed by atoms with Crippen LogP contribution in [0.3, 0.4) is 0 Å². The van der Waals surface area contributed by atoms with Crippen molar-refractivity contribution < 1.29 is 14.3 Å². The van der Waals surface area contributed by atoms with E-state index in [1.807, 2.05) is 36.4 Å². The van der Waals surface area contributed by atoms with E-state index < -0.39 is 6.10 Å². The average Bonchev–Trinajstić information content (AvgIpc) is 2.72. The number of urea groups is 1. The summed E-state index contributed by atoms with van der Waals surface area (Å²) < 4.78 is 12.9. The number of pyridine rings is 1. The van der Waals surface area contributed by atoms with E-state index in [1.165, 1.54) is 24.3 Å². The van der Waals surface area contributed by atoms with Gasteiger partial charge < -0.3 is 15.7 Å². The number of aromatic nitrogens is 1. The summed E-state index contributed by atoms with van der Waals surface area (Å²) in [5, 5.41) is 15.4. The first-order valence-electron chi connectivity index (χ1n) is 8.56. The van der Waals surface area contributed by atoms with Gasteiger partial charge in [-0.1, -0.05) is 42.5 Å². The Labute approximate surface area is 156 Å². The zero-order valence-corrected chi connectivity index (χ0v) is 14.6. The molecule has 0 aliphatic heterocycles. The molecule has 5 nitrogen and oxygen atoms in total. The summed E-state index contributed by atoms with van der Waals surface area (Å²) >= 11 is 0. The molecule has 0 aliphatic carbocycles. The molecule has 0 bridgehead atoms. The molecule has 0 radical (unpaired) electrons. The molecule has 1 unspecified atom stereocenters. The van der Waals surface area contributed by atoms with Gasteiger partial charge in [0.2, 0.25) is 0 Å². The summed E-state index contributed by atoms with van der Waals surface area (Å²) in [6, 6.07) is 16.8. The number of aliphatic hydroxyl groups excluding tert-OH is 1. The highest BCUT2D eigenvalue weighted by Crippen LogP contribution is 2.18. The van der Waals surface area contributed by atoms with Crippen LogP contribution in [0.15, 0.2) is 73.1 Å². The van der Waals surface area contributed by atoms with E-state index in [9.17, 15) is 14.3 Å². The van der Waals surface area contributed by atoms with Gasteiger partial charge in [0.1, 0.15) is 5.82 Å². The van der Waals surface area contributed by atoms with E-state index in [0.29, 0.717) is 12.1 Å². The van der Waals surface area contributed by atoms with Gasteiger partial charge in [0.25, 0.3) is 0 Å². The van der Waals surface area contributed by atoms with Gasteiger partial charge >= 0.3 is 6.03 Å². The number of carbonyl (C=O) groups excluding carboxylic acids is 1. The standard InChI is InChI=1S/C21H20FN3O2/c22-19-9-7-17(8-10-19)20(26)14-25-21(27)24-12-15-3-5-16(6-4-15)18-2-1-11-23-13-18/h1-11,13,20,26H,12,14H2,(H2,24,25,27). The van der Waals surface area contributed by atoms with Crippen LogP contribution in [-0.2, 0) is 6.54 Å². The number of halogens is 1. The van der Waals surface area contributed by atoms with Crippen molar-refractivity contribution in [1.82, 2.24) is 15.6 Å². The monoisotopic (exact) mass is 365 g/mol. The second kappa shape index (κ2) is 8.91. The Balaban J connectivity index is 1.45. The van der Waals surface area contributed by atoms with Crippen LogP contribution in [0.25, 0.3) is 11.1 Å². The Hall–Kier alpha value is -3.25. The van der Waals surface area contributed by atoms with Crippen LogP contribution >= 0.6 is 0 Å². The fraction of sp³-hybridized carbons (Fsp3) is 0.143. The molecule has 0 fully saturated rings. The molecule has 3 rings (SSSR count). The average molecular weight is 365 g/mol. The maximum Gasteiger partial charge on any atom is 0.315 e. The second-order valence-electron chi connectivity index (χ2n) is 6.07. The van der Waals surface area contributed by atoms with Gasteiger partial charge in [0.15, 0.2) is 0 Å². The van der Waals surface area contributed by atoms with E-state index in [4.69, 9.17) is 0 Å². The van der Waals surface area contributed by atoms with E-state index in [2.05, 4.69) is 15.6 Å². The van der Waals surface area contributed by atoms with Crippen LogP contribution in [0.2, 0.25) is 0 Å². The van der Waals surface area contributed by atoms with Crippen molar-refractivity contribution in [3.8, 4) is 11.1 Å². The van der Waals surface area contributed by atoms with Crippen LogP contribution < -0.4 is 10.6 Å². The fourth-order valence-corrected chi connectivity index (χ4v) is 2.59. The molecule has 0 saturated heterocycles. The van der Waals surface area contributed by atoms with E-state index in [1.54, 1.807) is 12.4 Å². The number of amides is 2. The predicted octanol–water partition coefficient (Wildman–Crippen LogP) is 3.42. The Kier molecular flexibility index (Phi) is 6.12. The smallest absolute Gasteiger partial charge is 0.315 e. The first-order chi connectivity index (χ1) is 13.1. The zero-order chi connectivity index (χ0) is 19.1. The highest BCUT2D eigenvalue weighted by molar-refractivity contribution is 5.74. The summed E-state index contributed by atoms with van der Waals surface area (Å²) in [7, 11) is 0. The Morgan fingerprint density at radius 1 is 1.00 bits per heavy atom. The third kappa shape index (κ3) is 5.36. The largest absolute Gasteiger partial charge is 0.387 e. The number of nitrogens with zero attached hydrogens (tertiary/aromatic N) is 1. The lowest BCUT2D eigenvalue weighted by molar-refractivity contribution is 0.173. The van der Waals surface area contributed by atoms with Gasteiger partial charge in [-0.3, -0.25) is 4.98 Å². The molecule has 2 amide bonds. The van der Waals surface area contributed by atoms with Crippen LogP contribution in [0.1, 0.15) is 17.2 Å². The summed E-state index contributed by atoms with van der Waals surface area (Å²) in [5.41, 5.74) is 3.59. The number of nitrogens with one attached hydrogen (secondary N) is 2. The molecular weight excluding hydrogens is 345 g/mol. The first-order valence-corrected chi connectivity index (χ1v) is 8.56. The third-order valence-electron chi connectivity index (χ3n) is 4.11. The molecule has 3 N–H and O–H groups in total. The normalized spacial score (nSPS) is 11.6. The fourth-order valence-electron chi connectivity index (χ4n) is 2.59. The highest BCUT2D eigenvalue weighted by atomic mass is 19.1. The second-order valence-corrected chi connectivity index (χ2v) is 6.07. The molecule has 2 aromatic carbocycles. The van der Waals surface area contributed by atoms with Crippen molar-refractivity contribution in [2.75, 3.05) is 6.54 Å². The number of hydrogen-bond donors (Lipinski definition) is 3. The van der Waals surface area contributed by atoms with Crippen molar-refractivity contribution >= 4 is 6.03 Å². The van der Waals surface area contributed by atoms with Crippen molar-refractivity contribution in [3.05, 3.63) is 90.0 Å². The maximum atomic E-state index is 12.9. The summed E-state index contributed by atoms with van der Waals surface area (Å²) in [6.07, 6.45) is 2.63. The lowest BCUT2D eigenvalue weighted by atomic mass is 10.1. The van der Waals surface area contributed by atoms with Crippen molar-refractivity contribution in [2.24, 2.45) is 0 Å². The lowest BCUT2D eigenvalue weighted by Gasteiger charge is -2.13. The van der Waals surface area contributed by atoms with Gasteiger partial charge in [0, 0.05) is 25.5 Å². The minimum atomic E-state index is -0.893. The van der Waals surface area contributed by atoms with Crippen LogP contribution in [0.5, 0.6) is 0 Å². The minimum absolute atomic E-state index is 0.0391. The van der Waals surface area contributed by atoms with Gasteiger partial charge in [-0.25, -0.2) is 9.18 Å². The predicted molar refractivity (Wildman–Crippen MR) is 101 cm³/mol. The van der Waals surface area contributed by atoms with Crippen molar-refractivity contribution in [1.29, 1.82) is 0 Å². The Morgan fingerprint density at radius 2 is 1.74 bits per heavy atom. The molecule has 6 heteroatoms. The van der Waals surface area contributed by atoms with Crippen LogP contribution in [0.4, 0.5) is 9.18 Å². The quantitative estimate of drug-likeness (QED) is 0.627. The molecule has 1 aromatic heterocycles. The highest BCUT2D eigenvalue weighted by Gasteiger charge is 2.09. The lowest BCUT2D eigenvalue weighted by Crippen LogP contribution is -2.37. The van der Waals surface area contributed by atoms with E-state index >= 15 is 0 Å². The maximum absolute atomic E-state index is 12.9. The summed E-state index contributed by atoms with van der Waals surface area (Å²) in [6.45, 7) is 0.406. The molecule has 0 saturated carbocycles. The van der Waals surface area contributed by atoms with E-state index in [0.717, 1.165) is 16.7 Å². The topological polar surface area (TPSA) is 74.2 Å². The SMILES string of the molecule is O=C(NCc1ccc(-c2cccnc2)cc1)NCC(O)c1ccc(F)cc1. The molecule has 3 aromatic rings. The molecule has 1 atom stereocenters. The van der Waals surface area contributed by atoms with Gasteiger partial charge in [0.05, 0.1) is 6.10 Å². The Morgan fingerprint density at radius 3 is 2.41 bits per heavy atom. The zero-order valence-electron chi connectivity index (χ0n) is 14.6. The molecular formula is C21H20FN3O2. The van der Waals surface area contributed by atoms with Crippen LogP contribution in [0, 0.1) is 5.82 Å². The van der Waals surface area contributed by atoms with Gasteiger partial charge in [-0.05, 0) is 40.5 Å². The van der Waals surface area contributed by atoms with Crippen molar-refractivity contribution in [2.45, 2.75) is 12.6 Å². The number of hydrogen-bond acceptors (Lipinski definition) is 3. The van der Waals surface area contributed by atoms with Gasteiger partial charge in [-0.2, -0.15) is 0 Å². The number of benzene rings is 2. The molecule has 0 aliphatic rings. The first kappa shape index (κ1) is 18.5. The third-order valence-corrected chi connectivity index (χ3v) is 4.11. The molecule has 1 heterocycles. The van der Waals surface area contributed by atoms with E-state index in [-0.39, 0.29) is 18.4 Å². The van der Waals surface area contributed by atoms with Crippen LogP contribution in [-0.4, -0.2) is 22.7 Å². The number of aliphatic hydroxyl groups is 1. The molecule has 0 spiro atoms. The van der Waals surface area contributed by atoms with Crippen molar-refractivity contribution in [3.63, 3.8) is 0 Å². The summed E-state index contributed by atoms with van der Waals surface area (Å²) in [5.74, 6) is -0.369. The summed E-state index contributed by atoms with van der Waals surface area (Å²) in [4.78, 5) is 16.0. The number of carbonyl (C=O) groups is 1. The van der Waals surface area contributed by atoms with Gasteiger partial charge in [-0.15, -0.1) is 0 Å². The minimum Gasteiger partial charge on any atom is -0.387 e. The Bertz CT molecular complexity index is 868. The molecule has 27 heavy (non-hydrogen) atoms. The molecule has 138 valence electrons.